The van der Waals surface area contributed by atoms with Crippen LogP contribution >= 0.6 is 11.6 Å². The van der Waals surface area contributed by atoms with Crippen molar-refractivity contribution in [3.8, 4) is 0 Å². The average molecular weight is 228 g/mol. The molecule has 0 aliphatic rings. The molecule has 0 spiro atoms. The minimum atomic E-state index is -0.287. The van der Waals surface area contributed by atoms with Crippen LogP contribution in [0.2, 0.25) is 5.15 Å². The number of hydrogen-bond acceptors (Lipinski definition) is 3. The molecule has 1 unspecified atom stereocenters. The predicted molar refractivity (Wildman–Crippen MR) is 58.6 cm³/mol. The van der Waals surface area contributed by atoms with Crippen molar-refractivity contribution in [3.63, 3.8) is 0 Å². The summed E-state index contributed by atoms with van der Waals surface area (Å²) in [6.45, 7) is 5.41. The smallest absolute Gasteiger partial charge is 0.308 e. The summed E-state index contributed by atoms with van der Waals surface area (Å²) in [4.78, 5) is 15.3. The molecule has 0 aromatic carbocycles. The average Bonchev–Trinajstić information content (AvgIpc) is 2.18. The van der Waals surface area contributed by atoms with Crippen LogP contribution in [0.25, 0.3) is 0 Å². The second-order valence-corrected chi connectivity index (χ2v) is 4.04. The number of aromatic nitrogens is 1. The van der Waals surface area contributed by atoms with Crippen molar-refractivity contribution in [1.29, 1.82) is 0 Å². The highest BCUT2D eigenvalue weighted by molar-refractivity contribution is 6.29. The molecule has 1 rings (SSSR count). The fourth-order valence-corrected chi connectivity index (χ4v) is 1.12. The summed E-state index contributed by atoms with van der Waals surface area (Å²) >= 11 is 5.65. The topological polar surface area (TPSA) is 39.2 Å². The van der Waals surface area contributed by atoms with E-state index in [0.29, 0.717) is 5.15 Å². The quantitative estimate of drug-likeness (QED) is 0.589. The van der Waals surface area contributed by atoms with Crippen LogP contribution in [-0.2, 0) is 9.53 Å². The number of hydrogen-bond donors (Lipinski definition) is 0. The summed E-state index contributed by atoms with van der Waals surface area (Å²) in [6.07, 6.45) is 1.32. The maximum Gasteiger partial charge on any atom is 0.308 e. The van der Waals surface area contributed by atoms with Gasteiger partial charge in [-0.2, -0.15) is 0 Å². The monoisotopic (exact) mass is 227 g/mol. The molecule has 0 radical (unpaired) electrons. The fraction of sp³-hybridized carbons (Fsp3) is 0.455. The summed E-state index contributed by atoms with van der Waals surface area (Å²) < 4.78 is 5.22. The Morgan fingerprint density at radius 1 is 1.40 bits per heavy atom. The Morgan fingerprint density at radius 3 is 2.53 bits per heavy atom. The zero-order valence-corrected chi connectivity index (χ0v) is 9.78. The molecule has 4 heteroatoms. The van der Waals surface area contributed by atoms with E-state index in [1.54, 1.807) is 32.2 Å². The van der Waals surface area contributed by atoms with E-state index in [2.05, 4.69) is 4.98 Å². The molecular formula is C11H14ClNO2. The molecule has 0 saturated carbocycles. The highest BCUT2D eigenvalue weighted by atomic mass is 35.5. The van der Waals surface area contributed by atoms with Crippen LogP contribution in [0.15, 0.2) is 18.3 Å². The molecule has 15 heavy (non-hydrogen) atoms. The standard InChI is InChI=1S/C11H14ClNO2/c1-7(2)11(14)15-8(3)9-4-5-10(12)13-6-9/h4-8H,1-3H3. The van der Waals surface area contributed by atoms with Crippen LogP contribution in [-0.4, -0.2) is 11.0 Å². The molecule has 82 valence electrons. The van der Waals surface area contributed by atoms with E-state index in [4.69, 9.17) is 16.3 Å². The van der Waals surface area contributed by atoms with Gasteiger partial charge < -0.3 is 4.74 Å². The number of carbonyl (C=O) groups is 1. The van der Waals surface area contributed by atoms with Gasteiger partial charge in [0.05, 0.1) is 5.92 Å². The van der Waals surface area contributed by atoms with E-state index in [0.717, 1.165) is 5.56 Å². The number of esters is 1. The SMILES string of the molecule is CC(C)C(=O)OC(C)c1ccc(Cl)nc1. The van der Waals surface area contributed by atoms with E-state index in [9.17, 15) is 4.79 Å². The molecule has 0 saturated heterocycles. The minimum Gasteiger partial charge on any atom is -0.458 e. The molecule has 1 atom stereocenters. The van der Waals surface area contributed by atoms with Crippen LogP contribution in [0.5, 0.6) is 0 Å². The molecular weight excluding hydrogens is 214 g/mol. The summed E-state index contributed by atoms with van der Waals surface area (Å²) in [5, 5.41) is 0.432. The molecule has 1 aromatic rings. The Labute approximate surface area is 94.4 Å². The Kier molecular flexibility index (Phi) is 4.09. The summed E-state index contributed by atoms with van der Waals surface area (Å²) in [5.74, 6) is -0.329. The van der Waals surface area contributed by atoms with Gasteiger partial charge in [0, 0.05) is 11.8 Å². The van der Waals surface area contributed by atoms with Crippen LogP contribution < -0.4 is 0 Å². The van der Waals surface area contributed by atoms with E-state index < -0.39 is 0 Å². The first kappa shape index (κ1) is 12.0. The minimum absolute atomic E-state index is 0.118. The maximum atomic E-state index is 11.3. The lowest BCUT2D eigenvalue weighted by molar-refractivity contribution is -0.152. The Morgan fingerprint density at radius 2 is 2.07 bits per heavy atom. The van der Waals surface area contributed by atoms with Gasteiger partial charge in [-0.3, -0.25) is 4.79 Å². The normalized spacial score (nSPS) is 12.6. The molecule has 0 aliphatic heterocycles. The Hall–Kier alpha value is -1.09. The van der Waals surface area contributed by atoms with Crippen molar-refractivity contribution in [3.05, 3.63) is 29.0 Å². The Bertz CT molecular complexity index is 335. The van der Waals surface area contributed by atoms with Crippen LogP contribution in [0, 0.1) is 5.92 Å². The third-order valence-corrected chi connectivity index (χ3v) is 2.21. The predicted octanol–water partition coefficient (Wildman–Crippen LogP) is 3.00. The van der Waals surface area contributed by atoms with Crippen LogP contribution in [0.1, 0.15) is 32.4 Å². The zero-order valence-electron chi connectivity index (χ0n) is 9.03. The van der Waals surface area contributed by atoms with Crippen molar-refractivity contribution in [2.75, 3.05) is 0 Å². The van der Waals surface area contributed by atoms with Gasteiger partial charge in [0.25, 0.3) is 0 Å². The molecule has 0 bridgehead atoms. The van der Waals surface area contributed by atoms with Crippen molar-refractivity contribution < 1.29 is 9.53 Å². The van der Waals surface area contributed by atoms with Crippen LogP contribution in [0.3, 0.4) is 0 Å². The van der Waals surface area contributed by atoms with Gasteiger partial charge >= 0.3 is 5.97 Å². The van der Waals surface area contributed by atoms with E-state index >= 15 is 0 Å². The fourth-order valence-electron chi connectivity index (χ4n) is 1.01. The van der Waals surface area contributed by atoms with Gasteiger partial charge in [0.15, 0.2) is 0 Å². The number of pyridine rings is 1. The van der Waals surface area contributed by atoms with E-state index in [-0.39, 0.29) is 18.0 Å². The lowest BCUT2D eigenvalue weighted by Crippen LogP contribution is -2.14. The second kappa shape index (κ2) is 5.12. The molecule has 1 aromatic heterocycles. The van der Waals surface area contributed by atoms with Gasteiger partial charge in [0.2, 0.25) is 0 Å². The van der Waals surface area contributed by atoms with Gasteiger partial charge in [-0.1, -0.05) is 31.5 Å². The highest BCUT2D eigenvalue weighted by Crippen LogP contribution is 2.18. The molecule has 0 N–H and O–H groups in total. The first-order valence-corrected chi connectivity index (χ1v) is 5.20. The first-order valence-electron chi connectivity index (χ1n) is 4.82. The summed E-state index contributed by atoms with van der Waals surface area (Å²) in [6, 6.07) is 3.48. The Balaban J connectivity index is 2.65. The maximum absolute atomic E-state index is 11.3. The van der Waals surface area contributed by atoms with Gasteiger partial charge in [-0.25, -0.2) is 4.98 Å². The van der Waals surface area contributed by atoms with Crippen molar-refractivity contribution in [2.24, 2.45) is 5.92 Å². The summed E-state index contributed by atoms with van der Waals surface area (Å²) in [5.41, 5.74) is 0.841. The number of carbonyl (C=O) groups excluding carboxylic acids is 1. The number of ether oxygens (including phenoxy) is 1. The molecule has 0 aliphatic carbocycles. The number of rotatable bonds is 3. The lowest BCUT2D eigenvalue weighted by atomic mass is 10.2. The van der Waals surface area contributed by atoms with Crippen molar-refractivity contribution >= 4 is 17.6 Å². The lowest BCUT2D eigenvalue weighted by Gasteiger charge is -2.14. The first-order chi connectivity index (χ1) is 7.00. The largest absolute Gasteiger partial charge is 0.458 e. The van der Waals surface area contributed by atoms with Gasteiger partial charge in [0.1, 0.15) is 11.3 Å². The molecule has 3 nitrogen and oxygen atoms in total. The second-order valence-electron chi connectivity index (χ2n) is 3.65. The van der Waals surface area contributed by atoms with Gasteiger partial charge in [-0.15, -0.1) is 0 Å². The van der Waals surface area contributed by atoms with Crippen molar-refractivity contribution in [2.45, 2.75) is 26.9 Å². The summed E-state index contributed by atoms with van der Waals surface area (Å²) in [7, 11) is 0. The third-order valence-electron chi connectivity index (χ3n) is 1.98. The van der Waals surface area contributed by atoms with E-state index in [1.807, 2.05) is 6.92 Å². The molecule has 1 heterocycles. The van der Waals surface area contributed by atoms with E-state index in [1.165, 1.54) is 0 Å². The molecule has 0 amide bonds. The van der Waals surface area contributed by atoms with Gasteiger partial charge in [-0.05, 0) is 13.0 Å². The van der Waals surface area contributed by atoms with Crippen LogP contribution in [0.4, 0.5) is 0 Å². The number of halogens is 1. The number of nitrogens with zero attached hydrogens (tertiary/aromatic N) is 1. The third kappa shape index (κ3) is 3.51. The van der Waals surface area contributed by atoms with Crippen molar-refractivity contribution in [1.82, 2.24) is 4.98 Å². The molecule has 0 fully saturated rings. The zero-order chi connectivity index (χ0) is 11.4. The highest BCUT2D eigenvalue weighted by Gasteiger charge is 2.14.